The van der Waals surface area contributed by atoms with E-state index in [4.69, 9.17) is 14.2 Å². The Kier molecular flexibility index (Phi) is 8.23. The van der Waals surface area contributed by atoms with Crippen LogP contribution >= 0.6 is 0 Å². The summed E-state index contributed by atoms with van der Waals surface area (Å²) in [4.78, 5) is 35.8. The molecule has 1 aliphatic heterocycles. The summed E-state index contributed by atoms with van der Waals surface area (Å²) in [6.07, 6.45) is -8.25. The molecule has 1 saturated heterocycles. The molecule has 0 amide bonds. The lowest BCUT2D eigenvalue weighted by Gasteiger charge is -2.39. The molecule has 1 aliphatic rings. The van der Waals surface area contributed by atoms with Crippen LogP contribution in [0.2, 0.25) is 0 Å². The highest BCUT2D eigenvalue weighted by molar-refractivity contribution is 6.02. The van der Waals surface area contributed by atoms with Crippen LogP contribution in [0.5, 0.6) is 5.75 Å². The van der Waals surface area contributed by atoms with Gasteiger partial charge in [-0.1, -0.05) is 26.8 Å². The molecule has 2 rings (SSSR count). The van der Waals surface area contributed by atoms with Crippen molar-refractivity contribution in [3.05, 3.63) is 29.3 Å². The molecule has 0 aromatic heterocycles. The van der Waals surface area contributed by atoms with Gasteiger partial charge >= 0.3 is 5.97 Å². The van der Waals surface area contributed by atoms with Crippen molar-refractivity contribution >= 4 is 18.2 Å². The number of aliphatic hydroxyl groups excluding tert-OH is 3. The van der Waals surface area contributed by atoms with Crippen molar-refractivity contribution in [2.75, 3.05) is 0 Å². The highest BCUT2D eigenvalue weighted by Gasteiger charge is 2.46. The lowest BCUT2D eigenvalue weighted by atomic mass is 9.85. The second-order valence-corrected chi connectivity index (χ2v) is 9.93. The van der Waals surface area contributed by atoms with Gasteiger partial charge in [-0.15, -0.1) is 0 Å². The number of aliphatic hydroxyl groups is 3. The van der Waals surface area contributed by atoms with Gasteiger partial charge in [-0.25, -0.2) is 0 Å². The fraction of sp³-hybridized carbons (Fsp3) is 0.609. The summed E-state index contributed by atoms with van der Waals surface area (Å²) < 4.78 is 20.9. The summed E-state index contributed by atoms with van der Waals surface area (Å²) >= 11 is 0. The highest BCUT2D eigenvalue weighted by Crippen LogP contribution is 2.32. The number of benzene rings is 1. The molecule has 1 unspecified atom stereocenters. The number of Topliss-reactive ketones (excluding diaryl/α,β-unsaturated/α-hetero) is 1. The zero-order valence-corrected chi connectivity index (χ0v) is 19.6. The average Bonchev–Trinajstić information content (AvgIpc) is 2.72. The quantitative estimate of drug-likeness (QED) is 0.304. The van der Waals surface area contributed by atoms with Crippen LogP contribution in [0.15, 0.2) is 18.2 Å². The van der Waals surface area contributed by atoms with Crippen LogP contribution in [0.25, 0.3) is 0 Å². The van der Waals surface area contributed by atoms with Gasteiger partial charge in [0, 0.05) is 5.41 Å². The summed E-state index contributed by atoms with van der Waals surface area (Å²) in [5, 5.41) is 30.2. The lowest BCUT2D eigenvalue weighted by molar-refractivity contribution is -0.321. The van der Waals surface area contributed by atoms with E-state index < -0.39 is 47.7 Å². The number of ether oxygens (including phenoxy) is 4. The Labute approximate surface area is 192 Å². The standard InChI is InChI=1S/C23H32O10/c1-22(2,3)18(28)13-9-12(10-30-21(29)23(4,5)6)7-8-14(13)32-20-17(27)15(25)16(26)19(33-20)31-11-24/h7-9,11,15-17,19-20,25-27H,10H2,1-6H3/t15-,16-,17+,19?,20+/m0/s1. The molecular formula is C23H32O10. The zero-order chi connectivity index (χ0) is 25.1. The minimum Gasteiger partial charge on any atom is -0.461 e. The van der Waals surface area contributed by atoms with Gasteiger partial charge in [0.25, 0.3) is 6.47 Å². The molecule has 184 valence electrons. The minimum atomic E-state index is -1.73. The Morgan fingerprint density at radius 2 is 1.58 bits per heavy atom. The summed E-state index contributed by atoms with van der Waals surface area (Å²) in [7, 11) is 0. The lowest BCUT2D eigenvalue weighted by Crippen LogP contribution is -2.59. The molecule has 0 aliphatic carbocycles. The van der Waals surface area contributed by atoms with Crippen LogP contribution in [-0.2, 0) is 30.4 Å². The van der Waals surface area contributed by atoms with Gasteiger partial charge in [-0.3, -0.25) is 19.1 Å². The van der Waals surface area contributed by atoms with Gasteiger partial charge in [-0.05, 0) is 38.5 Å². The molecule has 1 aromatic carbocycles. The topological polar surface area (TPSA) is 149 Å². The van der Waals surface area contributed by atoms with Crippen LogP contribution in [0.4, 0.5) is 0 Å². The van der Waals surface area contributed by atoms with E-state index in [-0.39, 0.29) is 30.2 Å². The van der Waals surface area contributed by atoms with Gasteiger partial charge in [0.05, 0.1) is 11.0 Å². The number of rotatable bonds is 7. The predicted molar refractivity (Wildman–Crippen MR) is 114 cm³/mol. The number of hydrogen-bond acceptors (Lipinski definition) is 10. The van der Waals surface area contributed by atoms with Gasteiger partial charge in [0.1, 0.15) is 30.7 Å². The molecule has 0 radical (unpaired) electrons. The monoisotopic (exact) mass is 468 g/mol. The first-order valence-electron chi connectivity index (χ1n) is 10.5. The molecule has 10 heteroatoms. The Hall–Kier alpha value is -2.53. The molecule has 0 spiro atoms. The molecule has 3 N–H and O–H groups in total. The van der Waals surface area contributed by atoms with E-state index in [0.29, 0.717) is 5.56 Å². The predicted octanol–water partition coefficient (Wildman–Crippen LogP) is 1.32. The average molecular weight is 468 g/mol. The highest BCUT2D eigenvalue weighted by atomic mass is 16.8. The Balaban J connectivity index is 2.34. The molecule has 33 heavy (non-hydrogen) atoms. The summed E-state index contributed by atoms with van der Waals surface area (Å²) in [6, 6.07) is 4.53. The van der Waals surface area contributed by atoms with Gasteiger partial charge in [0.15, 0.2) is 5.78 Å². The number of ketones is 1. The number of esters is 1. The maximum Gasteiger partial charge on any atom is 0.311 e. The van der Waals surface area contributed by atoms with Crippen molar-refractivity contribution in [2.45, 2.75) is 79.0 Å². The van der Waals surface area contributed by atoms with E-state index in [1.807, 2.05) is 0 Å². The van der Waals surface area contributed by atoms with E-state index in [1.165, 1.54) is 12.1 Å². The van der Waals surface area contributed by atoms with E-state index in [0.717, 1.165) is 0 Å². The van der Waals surface area contributed by atoms with Crippen molar-refractivity contribution in [1.82, 2.24) is 0 Å². The molecule has 1 fully saturated rings. The fourth-order valence-corrected chi connectivity index (χ4v) is 2.92. The van der Waals surface area contributed by atoms with Crippen LogP contribution in [0.3, 0.4) is 0 Å². The molecule has 10 nitrogen and oxygen atoms in total. The van der Waals surface area contributed by atoms with Crippen LogP contribution in [0, 0.1) is 10.8 Å². The van der Waals surface area contributed by atoms with E-state index in [2.05, 4.69) is 4.74 Å². The second-order valence-electron chi connectivity index (χ2n) is 9.93. The second kappa shape index (κ2) is 10.2. The third kappa shape index (κ3) is 6.50. The Morgan fingerprint density at radius 3 is 2.12 bits per heavy atom. The van der Waals surface area contributed by atoms with Crippen molar-refractivity contribution in [1.29, 1.82) is 0 Å². The number of carbonyl (C=O) groups is 3. The Bertz CT molecular complexity index is 867. The molecule has 5 atom stereocenters. The van der Waals surface area contributed by atoms with Crippen LogP contribution < -0.4 is 4.74 Å². The molecule has 0 bridgehead atoms. The van der Waals surface area contributed by atoms with E-state index in [9.17, 15) is 29.7 Å². The van der Waals surface area contributed by atoms with E-state index in [1.54, 1.807) is 47.6 Å². The zero-order valence-electron chi connectivity index (χ0n) is 19.6. The Morgan fingerprint density at radius 1 is 0.970 bits per heavy atom. The van der Waals surface area contributed by atoms with Crippen molar-refractivity contribution in [3.8, 4) is 5.75 Å². The molecule has 0 saturated carbocycles. The summed E-state index contributed by atoms with van der Waals surface area (Å²) in [5.41, 5.74) is -0.817. The molecule has 1 aromatic rings. The third-order valence-electron chi connectivity index (χ3n) is 4.91. The number of hydrogen-bond donors (Lipinski definition) is 3. The minimum absolute atomic E-state index is 0.0254. The van der Waals surface area contributed by atoms with E-state index >= 15 is 0 Å². The SMILES string of the molecule is CC(C)(C)C(=O)OCc1ccc(O[C@@H]2OC(OC=O)[C@@H](O)[C@H](O)[C@H]2O)c(C(=O)C(C)(C)C)c1. The van der Waals surface area contributed by atoms with Crippen LogP contribution in [-0.4, -0.2) is 64.4 Å². The summed E-state index contributed by atoms with van der Waals surface area (Å²) in [5.74, 6) is -0.676. The first kappa shape index (κ1) is 26.7. The maximum atomic E-state index is 13.1. The van der Waals surface area contributed by atoms with Gasteiger partial charge in [0.2, 0.25) is 12.6 Å². The molecular weight excluding hydrogens is 436 g/mol. The van der Waals surface area contributed by atoms with Gasteiger partial charge < -0.3 is 29.5 Å². The fourth-order valence-electron chi connectivity index (χ4n) is 2.92. The maximum absolute atomic E-state index is 13.1. The first-order chi connectivity index (χ1) is 15.2. The third-order valence-corrected chi connectivity index (χ3v) is 4.91. The van der Waals surface area contributed by atoms with Crippen molar-refractivity contribution in [2.24, 2.45) is 10.8 Å². The number of carbonyl (C=O) groups excluding carboxylic acids is 3. The van der Waals surface area contributed by atoms with Crippen LogP contribution in [0.1, 0.15) is 57.5 Å². The smallest absolute Gasteiger partial charge is 0.311 e. The van der Waals surface area contributed by atoms with Crippen molar-refractivity contribution in [3.63, 3.8) is 0 Å². The molecule has 1 heterocycles. The van der Waals surface area contributed by atoms with Crippen molar-refractivity contribution < 1.29 is 48.7 Å². The largest absolute Gasteiger partial charge is 0.461 e. The van der Waals surface area contributed by atoms with Gasteiger partial charge in [-0.2, -0.15) is 0 Å². The normalized spacial score (nSPS) is 25.8. The summed E-state index contributed by atoms with van der Waals surface area (Å²) in [6.45, 7) is 10.3. The first-order valence-corrected chi connectivity index (χ1v) is 10.5.